The first-order valence-corrected chi connectivity index (χ1v) is 6.08. The van der Waals surface area contributed by atoms with Crippen molar-refractivity contribution in [3.63, 3.8) is 0 Å². The number of amides is 1. The molecule has 1 amide bonds. The Morgan fingerprint density at radius 2 is 1.94 bits per heavy atom. The van der Waals surface area contributed by atoms with Gasteiger partial charge in [-0.25, -0.2) is 5.43 Å². The van der Waals surface area contributed by atoms with Gasteiger partial charge in [-0.05, 0) is 23.6 Å². The molecule has 0 atom stereocenters. The zero-order valence-corrected chi connectivity index (χ0v) is 11.5. The Labute approximate surface area is 109 Å². The van der Waals surface area contributed by atoms with E-state index in [4.69, 9.17) is 0 Å². The number of hydrogen-bond donors (Lipinski definition) is 1. The quantitative estimate of drug-likeness (QED) is 0.640. The molecular weight excluding hydrogens is 226 g/mol. The molecule has 0 unspecified atom stereocenters. The monoisotopic (exact) mass is 247 g/mol. The second-order valence-corrected chi connectivity index (χ2v) is 4.88. The molecule has 0 fully saturated rings. The highest BCUT2D eigenvalue weighted by Gasteiger charge is 2.02. The van der Waals surface area contributed by atoms with E-state index in [1.165, 1.54) is 0 Å². The number of rotatable bonds is 5. The van der Waals surface area contributed by atoms with Gasteiger partial charge in [-0.15, -0.1) is 0 Å². The normalized spacial score (nSPS) is 10.9. The second kappa shape index (κ2) is 6.79. The van der Waals surface area contributed by atoms with Crippen molar-refractivity contribution in [1.82, 2.24) is 5.43 Å². The molecule has 1 N–H and O–H groups in total. The van der Waals surface area contributed by atoms with Crippen LogP contribution in [0.2, 0.25) is 0 Å². The molecule has 0 aromatic heterocycles. The molecule has 1 aromatic carbocycles. The van der Waals surface area contributed by atoms with Crippen LogP contribution in [0.5, 0.6) is 0 Å². The van der Waals surface area contributed by atoms with Crippen molar-refractivity contribution in [1.29, 1.82) is 0 Å². The van der Waals surface area contributed by atoms with Gasteiger partial charge in [-0.2, -0.15) is 5.10 Å². The maximum atomic E-state index is 11.4. The molecule has 0 spiro atoms. The summed E-state index contributed by atoms with van der Waals surface area (Å²) < 4.78 is 0. The summed E-state index contributed by atoms with van der Waals surface area (Å²) in [6, 6.07) is 7.95. The highest BCUT2D eigenvalue weighted by Crippen LogP contribution is 2.10. The van der Waals surface area contributed by atoms with Crippen LogP contribution in [0, 0.1) is 5.92 Å². The topological polar surface area (TPSA) is 44.7 Å². The van der Waals surface area contributed by atoms with E-state index in [-0.39, 0.29) is 5.91 Å². The van der Waals surface area contributed by atoms with Gasteiger partial charge in [-0.1, -0.05) is 26.0 Å². The van der Waals surface area contributed by atoms with Gasteiger partial charge in [0, 0.05) is 26.2 Å². The number of hydrogen-bond acceptors (Lipinski definition) is 3. The zero-order valence-electron chi connectivity index (χ0n) is 11.5. The summed E-state index contributed by atoms with van der Waals surface area (Å²) in [6.45, 7) is 4.01. The van der Waals surface area contributed by atoms with Crippen LogP contribution >= 0.6 is 0 Å². The highest BCUT2D eigenvalue weighted by molar-refractivity contribution is 5.82. The minimum atomic E-state index is -0.0499. The lowest BCUT2D eigenvalue weighted by atomic mass is 10.1. The van der Waals surface area contributed by atoms with Crippen LogP contribution in [0.4, 0.5) is 5.69 Å². The van der Waals surface area contributed by atoms with Crippen molar-refractivity contribution in [2.75, 3.05) is 19.0 Å². The minimum absolute atomic E-state index is 0.0499. The molecule has 1 aromatic rings. The predicted molar refractivity (Wildman–Crippen MR) is 76.0 cm³/mol. The summed E-state index contributed by atoms with van der Waals surface area (Å²) in [5, 5.41) is 3.93. The van der Waals surface area contributed by atoms with Crippen LogP contribution in [0.25, 0.3) is 0 Å². The summed E-state index contributed by atoms with van der Waals surface area (Å²) in [5.41, 5.74) is 4.62. The molecular formula is C14H21N3O. The number of nitrogens with one attached hydrogen (secondary N) is 1. The molecule has 0 saturated heterocycles. The maximum Gasteiger partial charge on any atom is 0.240 e. The van der Waals surface area contributed by atoms with Gasteiger partial charge >= 0.3 is 0 Å². The molecule has 0 radical (unpaired) electrons. The fraction of sp³-hybridized carbons (Fsp3) is 0.429. The van der Waals surface area contributed by atoms with E-state index in [1.54, 1.807) is 6.21 Å². The first-order chi connectivity index (χ1) is 8.49. The Bertz CT molecular complexity index is 408. The standard InChI is InChI=1S/C14H21N3O/c1-11(2)9-14(18)16-15-10-12-5-7-13(8-6-12)17(3)4/h5-8,10-11H,9H2,1-4H3,(H,16,18). The Hall–Kier alpha value is -1.84. The molecule has 0 aliphatic rings. The SMILES string of the molecule is CC(C)CC(=O)NN=Cc1ccc(N(C)C)cc1. The first-order valence-electron chi connectivity index (χ1n) is 6.08. The fourth-order valence-corrected chi connectivity index (χ4v) is 1.45. The molecule has 4 heteroatoms. The van der Waals surface area contributed by atoms with Crippen molar-refractivity contribution >= 4 is 17.8 Å². The van der Waals surface area contributed by atoms with Crippen LogP contribution in [-0.2, 0) is 4.79 Å². The molecule has 4 nitrogen and oxygen atoms in total. The van der Waals surface area contributed by atoms with E-state index >= 15 is 0 Å². The Morgan fingerprint density at radius 3 is 2.44 bits per heavy atom. The van der Waals surface area contributed by atoms with Gasteiger partial charge in [0.05, 0.1) is 6.21 Å². The van der Waals surface area contributed by atoms with Crippen molar-refractivity contribution < 1.29 is 4.79 Å². The van der Waals surface area contributed by atoms with Crippen molar-refractivity contribution in [3.05, 3.63) is 29.8 Å². The molecule has 0 bridgehead atoms. The van der Waals surface area contributed by atoms with Gasteiger partial charge < -0.3 is 4.90 Å². The third-order valence-corrected chi connectivity index (χ3v) is 2.41. The van der Waals surface area contributed by atoms with Crippen molar-refractivity contribution in [2.24, 2.45) is 11.0 Å². The summed E-state index contributed by atoms with van der Waals surface area (Å²) >= 11 is 0. The predicted octanol–water partition coefficient (Wildman–Crippen LogP) is 2.25. The zero-order chi connectivity index (χ0) is 13.5. The number of carbonyl (C=O) groups excluding carboxylic acids is 1. The van der Waals surface area contributed by atoms with Crippen LogP contribution in [-0.4, -0.2) is 26.2 Å². The number of hydrazone groups is 1. The first kappa shape index (κ1) is 14.2. The highest BCUT2D eigenvalue weighted by atomic mass is 16.2. The van der Waals surface area contributed by atoms with Gasteiger partial charge in [0.15, 0.2) is 0 Å². The van der Waals surface area contributed by atoms with Crippen LogP contribution in [0.15, 0.2) is 29.4 Å². The number of benzene rings is 1. The largest absolute Gasteiger partial charge is 0.378 e. The van der Waals surface area contributed by atoms with Crippen LogP contribution in [0.3, 0.4) is 0 Å². The van der Waals surface area contributed by atoms with E-state index in [0.29, 0.717) is 12.3 Å². The lowest BCUT2D eigenvalue weighted by Crippen LogP contribution is -2.19. The van der Waals surface area contributed by atoms with E-state index in [2.05, 4.69) is 10.5 Å². The third-order valence-electron chi connectivity index (χ3n) is 2.41. The Morgan fingerprint density at radius 1 is 1.33 bits per heavy atom. The fourth-order valence-electron chi connectivity index (χ4n) is 1.45. The number of carbonyl (C=O) groups is 1. The van der Waals surface area contributed by atoms with Gasteiger partial charge in [0.25, 0.3) is 0 Å². The second-order valence-electron chi connectivity index (χ2n) is 4.88. The smallest absolute Gasteiger partial charge is 0.240 e. The van der Waals surface area contributed by atoms with Crippen LogP contribution in [0.1, 0.15) is 25.8 Å². The summed E-state index contributed by atoms with van der Waals surface area (Å²) in [4.78, 5) is 13.4. The average molecular weight is 247 g/mol. The Kier molecular flexibility index (Phi) is 5.36. The number of anilines is 1. The van der Waals surface area contributed by atoms with Crippen molar-refractivity contribution in [2.45, 2.75) is 20.3 Å². The van der Waals surface area contributed by atoms with E-state index < -0.39 is 0 Å². The summed E-state index contributed by atoms with van der Waals surface area (Å²) in [5.74, 6) is 0.297. The maximum absolute atomic E-state index is 11.4. The molecule has 1 rings (SSSR count). The molecule has 98 valence electrons. The summed E-state index contributed by atoms with van der Waals surface area (Å²) in [7, 11) is 3.99. The van der Waals surface area contributed by atoms with E-state index in [9.17, 15) is 4.79 Å². The van der Waals surface area contributed by atoms with E-state index in [1.807, 2.05) is 57.1 Å². The van der Waals surface area contributed by atoms with Gasteiger partial charge in [0.1, 0.15) is 0 Å². The average Bonchev–Trinajstić information content (AvgIpc) is 2.28. The van der Waals surface area contributed by atoms with Gasteiger partial charge in [0.2, 0.25) is 5.91 Å². The summed E-state index contributed by atoms with van der Waals surface area (Å²) in [6.07, 6.45) is 2.15. The third kappa shape index (κ3) is 4.99. The lowest BCUT2D eigenvalue weighted by molar-refractivity contribution is -0.121. The molecule has 18 heavy (non-hydrogen) atoms. The van der Waals surface area contributed by atoms with Crippen molar-refractivity contribution in [3.8, 4) is 0 Å². The van der Waals surface area contributed by atoms with E-state index in [0.717, 1.165) is 11.3 Å². The van der Waals surface area contributed by atoms with Gasteiger partial charge in [-0.3, -0.25) is 4.79 Å². The minimum Gasteiger partial charge on any atom is -0.378 e. The lowest BCUT2D eigenvalue weighted by Gasteiger charge is -2.11. The van der Waals surface area contributed by atoms with Crippen LogP contribution < -0.4 is 10.3 Å². The Balaban J connectivity index is 2.49. The molecule has 0 saturated carbocycles. The molecule has 0 aliphatic carbocycles. The molecule has 0 aliphatic heterocycles. The molecule has 0 heterocycles. The number of nitrogens with zero attached hydrogens (tertiary/aromatic N) is 2.